The van der Waals surface area contributed by atoms with Gasteiger partial charge in [0.2, 0.25) is 5.88 Å². The molecule has 0 aromatic carbocycles. The van der Waals surface area contributed by atoms with E-state index in [9.17, 15) is 4.79 Å². The second-order valence-corrected chi connectivity index (χ2v) is 4.53. The fourth-order valence-corrected chi connectivity index (χ4v) is 2.47. The van der Waals surface area contributed by atoms with Crippen LogP contribution in [0.5, 0.6) is 5.88 Å². The van der Waals surface area contributed by atoms with E-state index in [0.717, 1.165) is 5.69 Å². The number of Topliss-reactive ketones (excluding diaryl/α,β-unsaturated/α-hetero) is 1. The predicted molar refractivity (Wildman–Crippen MR) is 64.6 cm³/mol. The highest BCUT2D eigenvalue weighted by atomic mass is 16.5. The fourth-order valence-electron chi connectivity index (χ4n) is 2.47. The van der Waals surface area contributed by atoms with Crippen LogP contribution < -0.4 is 9.64 Å². The number of aromatic nitrogens is 1. The fraction of sp³-hybridized carbons (Fsp3) is 0.385. The summed E-state index contributed by atoms with van der Waals surface area (Å²) < 4.78 is 5.57. The molecule has 0 N–H and O–H groups in total. The molecule has 88 valence electrons. The average molecular weight is 230 g/mol. The molecule has 0 saturated carbocycles. The number of hydrogen-bond donors (Lipinski definition) is 0. The standard InChI is InChI=1S/C13H14N2O2/c1-3-9-6-15-8(2)7-17-13-11(15)10(12(9)16)4-5-14-13/h3-5,8-9H,1,6-7H2,2H3. The zero-order valence-corrected chi connectivity index (χ0v) is 9.72. The van der Waals surface area contributed by atoms with Crippen molar-refractivity contribution in [2.45, 2.75) is 13.0 Å². The molecular formula is C13H14N2O2. The zero-order chi connectivity index (χ0) is 12.0. The highest BCUT2D eigenvalue weighted by Gasteiger charge is 2.37. The maximum Gasteiger partial charge on any atom is 0.238 e. The van der Waals surface area contributed by atoms with Crippen LogP contribution >= 0.6 is 0 Å². The Bertz CT molecular complexity index is 498. The van der Waals surface area contributed by atoms with Crippen LogP contribution in [0.4, 0.5) is 5.69 Å². The number of carbonyl (C=O) groups is 1. The number of hydrogen-bond acceptors (Lipinski definition) is 4. The zero-order valence-electron chi connectivity index (χ0n) is 9.72. The quantitative estimate of drug-likeness (QED) is 0.688. The van der Waals surface area contributed by atoms with E-state index in [1.54, 1.807) is 18.3 Å². The summed E-state index contributed by atoms with van der Waals surface area (Å²) in [6.45, 7) is 7.13. The third kappa shape index (κ3) is 1.37. The summed E-state index contributed by atoms with van der Waals surface area (Å²) in [6.07, 6.45) is 3.36. The summed E-state index contributed by atoms with van der Waals surface area (Å²) in [5.41, 5.74) is 1.56. The van der Waals surface area contributed by atoms with Crippen LogP contribution in [-0.2, 0) is 0 Å². The molecule has 2 aliphatic heterocycles. The smallest absolute Gasteiger partial charge is 0.238 e. The van der Waals surface area contributed by atoms with Gasteiger partial charge in [-0.2, -0.15) is 0 Å². The summed E-state index contributed by atoms with van der Waals surface area (Å²) in [5.74, 6) is 0.572. The van der Waals surface area contributed by atoms with E-state index in [1.165, 1.54) is 0 Å². The van der Waals surface area contributed by atoms with Crippen LogP contribution in [-0.4, -0.2) is 30.0 Å². The molecule has 1 aromatic rings. The first-order valence-corrected chi connectivity index (χ1v) is 5.77. The lowest BCUT2D eigenvalue weighted by atomic mass is 9.90. The van der Waals surface area contributed by atoms with Gasteiger partial charge in [0.1, 0.15) is 12.3 Å². The van der Waals surface area contributed by atoms with Gasteiger partial charge in [-0.05, 0) is 13.0 Å². The molecule has 4 nitrogen and oxygen atoms in total. The lowest BCUT2D eigenvalue weighted by molar-refractivity contribution is 0.0934. The molecule has 3 heterocycles. The van der Waals surface area contributed by atoms with Gasteiger partial charge in [0, 0.05) is 18.3 Å². The van der Waals surface area contributed by atoms with Crippen molar-refractivity contribution >= 4 is 11.5 Å². The maximum absolute atomic E-state index is 12.2. The van der Waals surface area contributed by atoms with Crippen LogP contribution in [0.2, 0.25) is 0 Å². The van der Waals surface area contributed by atoms with Crippen molar-refractivity contribution < 1.29 is 9.53 Å². The van der Waals surface area contributed by atoms with E-state index in [-0.39, 0.29) is 17.7 Å². The Morgan fingerprint density at radius 1 is 1.65 bits per heavy atom. The van der Waals surface area contributed by atoms with E-state index in [2.05, 4.69) is 23.4 Å². The number of ether oxygens (including phenoxy) is 1. The molecule has 0 saturated heterocycles. The minimum Gasteiger partial charge on any atom is -0.474 e. The van der Waals surface area contributed by atoms with Crippen molar-refractivity contribution in [1.82, 2.24) is 4.98 Å². The van der Waals surface area contributed by atoms with Gasteiger partial charge >= 0.3 is 0 Å². The Balaban J connectivity index is 2.19. The second-order valence-electron chi connectivity index (χ2n) is 4.53. The molecule has 2 atom stereocenters. The Morgan fingerprint density at radius 3 is 3.24 bits per heavy atom. The van der Waals surface area contributed by atoms with Crippen LogP contribution in [0.3, 0.4) is 0 Å². The van der Waals surface area contributed by atoms with Gasteiger partial charge in [-0.15, -0.1) is 6.58 Å². The van der Waals surface area contributed by atoms with Gasteiger partial charge in [-0.3, -0.25) is 4.79 Å². The van der Waals surface area contributed by atoms with Crippen LogP contribution in [0.25, 0.3) is 0 Å². The number of anilines is 1. The molecule has 0 spiro atoms. The Hall–Kier alpha value is -1.84. The predicted octanol–water partition coefficient (Wildman–Crippen LogP) is 1.67. The first-order chi connectivity index (χ1) is 8.22. The number of ketones is 1. The van der Waals surface area contributed by atoms with E-state index in [0.29, 0.717) is 24.6 Å². The lowest BCUT2D eigenvalue weighted by Crippen LogP contribution is -2.48. The van der Waals surface area contributed by atoms with E-state index < -0.39 is 0 Å². The summed E-state index contributed by atoms with van der Waals surface area (Å²) in [4.78, 5) is 18.6. The molecule has 2 aliphatic rings. The summed E-state index contributed by atoms with van der Waals surface area (Å²) >= 11 is 0. The highest BCUT2D eigenvalue weighted by Crippen LogP contribution is 2.40. The minimum atomic E-state index is -0.127. The average Bonchev–Trinajstić information content (AvgIpc) is 2.36. The summed E-state index contributed by atoms with van der Waals surface area (Å²) in [7, 11) is 0. The molecule has 0 radical (unpaired) electrons. The maximum atomic E-state index is 12.2. The van der Waals surface area contributed by atoms with Gasteiger partial charge in [-0.1, -0.05) is 6.08 Å². The molecule has 2 unspecified atom stereocenters. The topological polar surface area (TPSA) is 42.4 Å². The van der Waals surface area contributed by atoms with Crippen molar-refractivity contribution in [1.29, 1.82) is 0 Å². The van der Waals surface area contributed by atoms with Crippen LogP contribution in [0, 0.1) is 5.92 Å². The number of pyridine rings is 1. The third-order valence-electron chi connectivity index (χ3n) is 3.45. The first kappa shape index (κ1) is 10.3. The molecule has 3 rings (SSSR count). The van der Waals surface area contributed by atoms with Gasteiger partial charge in [-0.25, -0.2) is 4.98 Å². The normalized spacial score (nSPS) is 26.2. The number of rotatable bonds is 1. The van der Waals surface area contributed by atoms with Crippen LogP contribution in [0.1, 0.15) is 17.3 Å². The van der Waals surface area contributed by atoms with Crippen molar-refractivity contribution in [3.8, 4) is 5.88 Å². The van der Waals surface area contributed by atoms with Gasteiger partial charge < -0.3 is 9.64 Å². The van der Waals surface area contributed by atoms with Crippen LogP contribution in [0.15, 0.2) is 24.9 Å². The monoisotopic (exact) mass is 230 g/mol. The Morgan fingerprint density at radius 2 is 2.47 bits per heavy atom. The molecule has 17 heavy (non-hydrogen) atoms. The Labute approximate surface area is 99.9 Å². The highest BCUT2D eigenvalue weighted by molar-refractivity contribution is 6.06. The van der Waals surface area contributed by atoms with E-state index in [1.807, 2.05) is 0 Å². The van der Waals surface area contributed by atoms with Gasteiger partial charge in [0.25, 0.3) is 0 Å². The largest absolute Gasteiger partial charge is 0.474 e. The molecule has 0 aliphatic carbocycles. The number of carbonyl (C=O) groups excluding carboxylic acids is 1. The second kappa shape index (κ2) is 3.58. The van der Waals surface area contributed by atoms with Crippen molar-refractivity contribution in [2.75, 3.05) is 18.1 Å². The summed E-state index contributed by atoms with van der Waals surface area (Å²) in [6, 6.07) is 2.03. The van der Waals surface area contributed by atoms with Gasteiger partial charge in [0.15, 0.2) is 5.78 Å². The molecule has 0 amide bonds. The van der Waals surface area contributed by atoms with Crippen molar-refractivity contribution in [2.24, 2.45) is 5.92 Å². The molecule has 1 aromatic heterocycles. The van der Waals surface area contributed by atoms with Crippen molar-refractivity contribution in [3.05, 3.63) is 30.5 Å². The SMILES string of the molecule is C=CC1CN2c3c(ccnc3OCC2C)C1=O. The molecule has 0 fully saturated rings. The van der Waals surface area contributed by atoms with Gasteiger partial charge in [0.05, 0.1) is 12.0 Å². The lowest BCUT2D eigenvalue weighted by Gasteiger charge is -2.41. The molecular weight excluding hydrogens is 216 g/mol. The van der Waals surface area contributed by atoms with E-state index in [4.69, 9.17) is 4.74 Å². The van der Waals surface area contributed by atoms with E-state index >= 15 is 0 Å². The molecule has 0 bridgehead atoms. The number of nitrogens with zero attached hydrogens (tertiary/aromatic N) is 2. The third-order valence-corrected chi connectivity index (χ3v) is 3.45. The Kier molecular flexibility index (Phi) is 2.18. The first-order valence-electron chi connectivity index (χ1n) is 5.77. The van der Waals surface area contributed by atoms with Crippen molar-refractivity contribution in [3.63, 3.8) is 0 Å². The summed E-state index contributed by atoms with van der Waals surface area (Å²) in [5, 5.41) is 0. The molecule has 4 heteroatoms. The minimum absolute atomic E-state index is 0.118.